The highest BCUT2D eigenvalue weighted by atomic mass is 32.1. The molecule has 0 bridgehead atoms. The number of benzene rings is 9. The summed E-state index contributed by atoms with van der Waals surface area (Å²) in [6.45, 7) is 0. The Labute approximate surface area is 398 Å². The van der Waals surface area contributed by atoms with Gasteiger partial charge in [0.15, 0.2) is 0 Å². The van der Waals surface area contributed by atoms with Crippen molar-refractivity contribution < 1.29 is 39.5 Å². The summed E-state index contributed by atoms with van der Waals surface area (Å²) in [6, 6.07) is 46.4. The Morgan fingerprint density at radius 2 is 0.729 bits per heavy atom. The van der Waals surface area contributed by atoms with E-state index in [0.29, 0.717) is 45.0 Å². The maximum atomic E-state index is 17.0. The van der Waals surface area contributed by atoms with Crippen molar-refractivity contribution in [3.05, 3.63) is 193 Å². The molecular formula is C57H29F9N2S2. The molecule has 2 nitrogen and oxygen atoms in total. The van der Waals surface area contributed by atoms with Crippen molar-refractivity contribution in [2.45, 2.75) is 18.5 Å². The van der Waals surface area contributed by atoms with Crippen LogP contribution < -0.4 is 0 Å². The number of rotatable bonds is 4. The maximum Gasteiger partial charge on any atom is 0.417 e. The molecule has 13 aromatic rings. The van der Waals surface area contributed by atoms with Gasteiger partial charge < -0.3 is 9.13 Å². The highest BCUT2D eigenvalue weighted by Gasteiger charge is 2.42. The third kappa shape index (κ3) is 6.26. The molecule has 0 saturated carbocycles. The topological polar surface area (TPSA) is 9.86 Å². The SMILES string of the molecule is FC(F)(F)c1cccc(-c2c(-n3c4ccccc4c4c5sc6ccccc6c5ccc43)cc(-n3c4ccccc4c4c5sc6ccccc6c5ccc43)c(-c3cccc(C(F)(F)F)c3)c2C(F)(F)F)c1. The Morgan fingerprint density at radius 1 is 0.329 bits per heavy atom. The molecule has 9 aromatic carbocycles. The van der Waals surface area contributed by atoms with Gasteiger partial charge in [0.25, 0.3) is 0 Å². The summed E-state index contributed by atoms with van der Waals surface area (Å²) in [5.41, 5.74) is -4.29. The van der Waals surface area contributed by atoms with Crippen molar-refractivity contribution in [3.8, 4) is 33.6 Å². The number of hydrogen-bond donors (Lipinski definition) is 0. The lowest BCUT2D eigenvalue weighted by Gasteiger charge is -2.27. The lowest BCUT2D eigenvalue weighted by Crippen LogP contribution is -2.16. The van der Waals surface area contributed by atoms with Crippen LogP contribution in [-0.4, -0.2) is 9.13 Å². The monoisotopic (exact) mass is 976 g/mol. The van der Waals surface area contributed by atoms with Crippen molar-refractivity contribution in [1.29, 1.82) is 0 Å². The van der Waals surface area contributed by atoms with Crippen LogP contribution in [0.15, 0.2) is 176 Å². The first-order valence-electron chi connectivity index (χ1n) is 22.0. The molecule has 13 heteroatoms. The molecule has 342 valence electrons. The van der Waals surface area contributed by atoms with Crippen LogP contribution >= 0.6 is 22.7 Å². The Balaban J connectivity index is 1.28. The van der Waals surface area contributed by atoms with Gasteiger partial charge in [0.2, 0.25) is 0 Å². The molecule has 13 rings (SSSR count). The standard InChI is InChI=1S/C57H29F9N2S2/c58-55(59,60)32-13-9-11-30(27-32)48-44(67-40-19-5-1-17-38(40)50-42(67)25-23-36-34-15-3-7-21-46(34)69-53(36)50)29-45(49(52(48)57(64,65)66)31-12-10-14-33(28-31)56(61,62)63)68-41-20-6-2-18-39(41)51-43(68)26-24-37-35-16-4-8-22-47(35)70-54(37)51/h1-29H. The van der Waals surface area contributed by atoms with Crippen molar-refractivity contribution >= 4 is 107 Å². The third-order valence-corrected chi connectivity index (χ3v) is 15.8. The molecule has 0 radical (unpaired) electrons. The van der Waals surface area contributed by atoms with Crippen LogP contribution in [0.5, 0.6) is 0 Å². The Morgan fingerprint density at radius 3 is 1.14 bits per heavy atom. The highest BCUT2D eigenvalue weighted by Crippen LogP contribution is 2.54. The molecular weight excluding hydrogens is 948 g/mol. The van der Waals surface area contributed by atoms with E-state index in [1.54, 1.807) is 33.4 Å². The van der Waals surface area contributed by atoms with Crippen molar-refractivity contribution in [2.75, 3.05) is 0 Å². The van der Waals surface area contributed by atoms with Crippen LogP contribution in [0.4, 0.5) is 39.5 Å². The number of para-hydroxylation sites is 2. The molecule has 0 amide bonds. The fourth-order valence-corrected chi connectivity index (χ4v) is 13.1. The molecule has 0 N–H and O–H groups in total. The second kappa shape index (κ2) is 14.9. The molecule has 0 aliphatic rings. The van der Waals surface area contributed by atoms with Crippen LogP contribution in [0.25, 0.3) is 118 Å². The highest BCUT2D eigenvalue weighted by molar-refractivity contribution is 7.27. The second-order valence-electron chi connectivity index (χ2n) is 17.3. The first-order chi connectivity index (χ1) is 33.6. The molecule has 0 spiro atoms. The van der Waals surface area contributed by atoms with Gasteiger partial charge in [-0.25, -0.2) is 0 Å². The van der Waals surface area contributed by atoms with Gasteiger partial charge in [-0.3, -0.25) is 0 Å². The summed E-state index contributed by atoms with van der Waals surface area (Å²) in [6.07, 6.45) is -15.3. The predicted molar refractivity (Wildman–Crippen MR) is 267 cm³/mol. The molecule has 0 atom stereocenters. The van der Waals surface area contributed by atoms with Crippen LogP contribution in [0, 0.1) is 0 Å². The summed E-state index contributed by atoms with van der Waals surface area (Å²) in [4.78, 5) is 0. The largest absolute Gasteiger partial charge is 0.417 e. The van der Waals surface area contributed by atoms with E-state index in [4.69, 9.17) is 0 Å². The minimum absolute atomic E-state index is 0.127. The minimum Gasteiger partial charge on any atom is -0.308 e. The summed E-state index contributed by atoms with van der Waals surface area (Å²) < 4.78 is 147. The van der Waals surface area contributed by atoms with Gasteiger partial charge >= 0.3 is 18.5 Å². The van der Waals surface area contributed by atoms with E-state index in [1.165, 1.54) is 40.9 Å². The predicted octanol–water partition coefficient (Wildman–Crippen LogP) is 19.0. The Hall–Kier alpha value is -7.61. The Kier molecular flexibility index (Phi) is 9.07. The fraction of sp³-hybridized carbons (Fsp3) is 0.0526. The van der Waals surface area contributed by atoms with Gasteiger partial charge in [-0.2, -0.15) is 39.5 Å². The van der Waals surface area contributed by atoms with Gasteiger partial charge in [0, 0.05) is 73.0 Å². The number of alkyl halides is 9. The van der Waals surface area contributed by atoms with Gasteiger partial charge in [0.1, 0.15) is 0 Å². The fourth-order valence-electron chi connectivity index (χ4n) is 10.6. The van der Waals surface area contributed by atoms with Gasteiger partial charge in [0.05, 0.1) is 50.1 Å². The van der Waals surface area contributed by atoms with E-state index < -0.39 is 57.5 Å². The first kappa shape index (κ1) is 42.5. The molecule has 0 aliphatic heterocycles. The lowest BCUT2D eigenvalue weighted by molar-refractivity contribution is -0.138. The van der Waals surface area contributed by atoms with E-state index in [1.807, 2.05) is 97.1 Å². The normalized spacial score (nSPS) is 12.9. The van der Waals surface area contributed by atoms with Gasteiger partial charge in [-0.05, 0) is 77.9 Å². The van der Waals surface area contributed by atoms with Crippen LogP contribution in [0.2, 0.25) is 0 Å². The summed E-state index contributed by atoms with van der Waals surface area (Å²) in [5.74, 6) is 0. The smallest absolute Gasteiger partial charge is 0.308 e. The second-order valence-corrected chi connectivity index (χ2v) is 19.4. The lowest BCUT2D eigenvalue weighted by atomic mass is 9.87. The first-order valence-corrected chi connectivity index (χ1v) is 23.6. The maximum absolute atomic E-state index is 17.0. The van der Waals surface area contributed by atoms with Crippen LogP contribution in [0.1, 0.15) is 16.7 Å². The van der Waals surface area contributed by atoms with Crippen molar-refractivity contribution in [1.82, 2.24) is 9.13 Å². The molecule has 70 heavy (non-hydrogen) atoms. The zero-order valence-corrected chi connectivity index (χ0v) is 37.5. The van der Waals surface area contributed by atoms with Crippen LogP contribution in [0.3, 0.4) is 0 Å². The zero-order valence-electron chi connectivity index (χ0n) is 35.9. The average Bonchev–Trinajstić information content (AvgIpc) is 4.10. The molecule has 0 aliphatic carbocycles. The molecule has 0 unspecified atom stereocenters. The van der Waals surface area contributed by atoms with E-state index >= 15 is 13.2 Å². The van der Waals surface area contributed by atoms with E-state index in [2.05, 4.69) is 0 Å². The average molecular weight is 977 g/mol. The quantitative estimate of drug-likeness (QED) is 0.156. The van der Waals surface area contributed by atoms with E-state index in [9.17, 15) is 26.3 Å². The molecule has 4 aromatic heterocycles. The van der Waals surface area contributed by atoms with Crippen LogP contribution in [-0.2, 0) is 18.5 Å². The zero-order chi connectivity index (χ0) is 48.0. The van der Waals surface area contributed by atoms with Gasteiger partial charge in [-0.1, -0.05) is 109 Å². The number of halogens is 9. The van der Waals surface area contributed by atoms with Gasteiger partial charge in [-0.15, -0.1) is 22.7 Å². The summed E-state index contributed by atoms with van der Waals surface area (Å²) >= 11 is 3.05. The van der Waals surface area contributed by atoms with E-state index in [0.717, 1.165) is 75.4 Å². The van der Waals surface area contributed by atoms with Crippen molar-refractivity contribution in [3.63, 3.8) is 0 Å². The van der Waals surface area contributed by atoms with Crippen molar-refractivity contribution in [2.24, 2.45) is 0 Å². The molecule has 0 fully saturated rings. The Bertz CT molecular complexity index is 4070. The minimum atomic E-state index is -5.38. The number of thiophene rings is 2. The molecule has 0 saturated heterocycles. The number of aromatic nitrogens is 2. The summed E-state index contributed by atoms with van der Waals surface area (Å²) in [5, 5.41) is 6.63. The number of hydrogen-bond acceptors (Lipinski definition) is 2. The number of nitrogens with zero attached hydrogens (tertiary/aromatic N) is 2. The number of fused-ring (bicyclic) bond motifs is 14. The third-order valence-electron chi connectivity index (χ3n) is 13.4. The summed E-state index contributed by atoms with van der Waals surface area (Å²) in [7, 11) is 0. The molecule has 4 heterocycles. The van der Waals surface area contributed by atoms with E-state index in [-0.39, 0.29) is 11.4 Å².